The molecule has 1 aliphatic rings. The number of aromatic nitrogens is 2. The summed E-state index contributed by atoms with van der Waals surface area (Å²) < 4.78 is 36.7. The molecule has 154 valence electrons. The van der Waals surface area contributed by atoms with Gasteiger partial charge < -0.3 is 14.0 Å². The molecule has 29 heavy (non-hydrogen) atoms. The van der Waals surface area contributed by atoms with Crippen molar-refractivity contribution in [1.82, 2.24) is 9.55 Å². The summed E-state index contributed by atoms with van der Waals surface area (Å²) in [6.07, 6.45) is 0.816. The van der Waals surface area contributed by atoms with Crippen LogP contribution in [0, 0.1) is 0 Å². The number of nitrogens with two attached hydrogens (primary N) is 1. The van der Waals surface area contributed by atoms with Gasteiger partial charge in [0.05, 0.1) is 34.2 Å². The van der Waals surface area contributed by atoms with E-state index in [2.05, 4.69) is 4.98 Å². The summed E-state index contributed by atoms with van der Waals surface area (Å²) in [5.41, 5.74) is 2.45. The summed E-state index contributed by atoms with van der Waals surface area (Å²) in [5, 5.41) is 6.56. The Labute approximate surface area is 178 Å². The lowest BCUT2D eigenvalue weighted by Crippen LogP contribution is -2.11. The average molecular weight is 454 g/mol. The molecule has 0 radical (unpaired) electrons. The molecule has 2 aromatic carbocycles. The maximum absolute atomic E-state index is 11.6. The van der Waals surface area contributed by atoms with Crippen molar-refractivity contribution in [2.24, 2.45) is 5.14 Å². The largest absolute Gasteiger partial charge is 0.489 e. The number of fused-ring (bicyclic) bond motifs is 2. The molecule has 0 saturated heterocycles. The molecular weight excluding hydrogens is 434 g/mol. The third-order valence-corrected chi connectivity index (χ3v) is 6.80. The Morgan fingerprint density at radius 1 is 1.24 bits per heavy atom. The van der Waals surface area contributed by atoms with Gasteiger partial charge in [-0.05, 0) is 42.8 Å². The molecule has 0 amide bonds. The molecule has 0 fully saturated rings. The third kappa shape index (κ3) is 4.18. The molecule has 1 aliphatic heterocycles. The first-order valence-corrected chi connectivity index (χ1v) is 12.0. The number of halogens is 1. The third-order valence-electron chi connectivity index (χ3n) is 4.56. The topological polar surface area (TPSA) is 96.4 Å². The van der Waals surface area contributed by atoms with Gasteiger partial charge in [-0.25, -0.2) is 18.5 Å². The molecule has 7 nitrogen and oxygen atoms in total. The number of hydrogen-bond donors (Lipinski definition) is 1. The SMILES string of the molecule is CCn1c(SCc2cc(Cl)c3c(c2)OCCCO3)nc2cc(S(N)(=O)=O)ccc21. The van der Waals surface area contributed by atoms with E-state index in [9.17, 15) is 8.42 Å². The van der Waals surface area contributed by atoms with Crippen LogP contribution >= 0.6 is 23.4 Å². The van der Waals surface area contributed by atoms with E-state index >= 15 is 0 Å². The van der Waals surface area contributed by atoms with E-state index in [0.29, 0.717) is 47.5 Å². The van der Waals surface area contributed by atoms with E-state index in [4.69, 9.17) is 26.2 Å². The first-order chi connectivity index (χ1) is 13.9. The molecule has 0 aliphatic carbocycles. The van der Waals surface area contributed by atoms with E-state index in [-0.39, 0.29) is 4.90 Å². The summed E-state index contributed by atoms with van der Waals surface area (Å²) in [7, 11) is -3.77. The van der Waals surface area contributed by atoms with Crippen molar-refractivity contribution in [3.8, 4) is 11.5 Å². The van der Waals surface area contributed by atoms with Crippen LogP contribution in [0.2, 0.25) is 5.02 Å². The smallest absolute Gasteiger partial charge is 0.238 e. The fourth-order valence-corrected chi connectivity index (χ4v) is 5.03. The zero-order chi connectivity index (χ0) is 20.6. The Bertz CT molecular complexity index is 1180. The Morgan fingerprint density at radius 2 is 2.03 bits per heavy atom. The molecular formula is C19H20ClN3O4S2. The molecule has 4 rings (SSSR count). The number of hydrogen-bond acceptors (Lipinski definition) is 6. The second kappa shape index (κ2) is 8.06. The number of benzene rings is 2. The lowest BCUT2D eigenvalue weighted by molar-refractivity contribution is 0.297. The van der Waals surface area contributed by atoms with Crippen molar-refractivity contribution in [2.75, 3.05) is 13.2 Å². The normalized spacial score (nSPS) is 14.2. The lowest BCUT2D eigenvalue weighted by Gasteiger charge is -2.11. The number of sulfonamides is 1. The summed E-state index contributed by atoms with van der Waals surface area (Å²) in [6.45, 7) is 3.90. The zero-order valence-corrected chi connectivity index (χ0v) is 18.1. The van der Waals surface area contributed by atoms with Gasteiger partial charge in [0, 0.05) is 18.7 Å². The average Bonchev–Trinajstić information content (AvgIpc) is 2.84. The highest BCUT2D eigenvalue weighted by molar-refractivity contribution is 7.98. The predicted molar refractivity (Wildman–Crippen MR) is 113 cm³/mol. The number of aryl methyl sites for hydroxylation is 1. The summed E-state index contributed by atoms with van der Waals surface area (Å²) in [6, 6.07) is 8.56. The fraction of sp³-hybridized carbons (Fsp3) is 0.316. The summed E-state index contributed by atoms with van der Waals surface area (Å²) in [4.78, 5) is 4.67. The van der Waals surface area contributed by atoms with Crippen LogP contribution < -0.4 is 14.6 Å². The van der Waals surface area contributed by atoms with Crippen LogP contribution in [0.5, 0.6) is 11.5 Å². The van der Waals surface area contributed by atoms with Crippen molar-refractivity contribution >= 4 is 44.4 Å². The van der Waals surface area contributed by atoms with Crippen LogP contribution in [-0.2, 0) is 22.3 Å². The molecule has 0 spiro atoms. The van der Waals surface area contributed by atoms with Crippen molar-refractivity contribution < 1.29 is 17.9 Å². The van der Waals surface area contributed by atoms with Crippen LogP contribution in [0.4, 0.5) is 0 Å². The number of imidazole rings is 1. The minimum absolute atomic E-state index is 0.0528. The van der Waals surface area contributed by atoms with Crippen molar-refractivity contribution in [1.29, 1.82) is 0 Å². The van der Waals surface area contributed by atoms with E-state index in [1.54, 1.807) is 17.8 Å². The Morgan fingerprint density at radius 3 is 2.79 bits per heavy atom. The Kier molecular flexibility index (Phi) is 5.65. The van der Waals surface area contributed by atoms with Gasteiger partial charge in [-0.1, -0.05) is 23.4 Å². The van der Waals surface area contributed by atoms with Crippen LogP contribution in [0.15, 0.2) is 40.4 Å². The van der Waals surface area contributed by atoms with Crippen LogP contribution in [0.3, 0.4) is 0 Å². The monoisotopic (exact) mass is 453 g/mol. The first-order valence-electron chi connectivity index (χ1n) is 9.10. The van der Waals surface area contributed by atoms with Gasteiger partial charge in [-0.2, -0.15) is 0 Å². The quantitative estimate of drug-likeness (QED) is 0.590. The second-order valence-electron chi connectivity index (χ2n) is 6.58. The van der Waals surface area contributed by atoms with Crippen molar-refractivity contribution in [3.05, 3.63) is 40.9 Å². The minimum Gasteiger partial charge on any atom is -0.489 e. The van der Waals surface area contributed by atoms with E-state index in [0.717, 1.165) is 22.7 Å². The highest BCUT2D eigenvalue weighted by atomic mass is 35.5. The number of rotatable bonds is 5. The molecule has 0 bridgehead atoms. The molecule has 2 heterocycles. The van der Waals surface area contributed by atoms with Crippen molar-refractivity contribution in [2.45, 2.75) is 35.7 Å². The highest BCUT2D eigenvalue weighted by Gasteiger charge is 2.18. The van der Waals surface area contributed by atoms with Crippen LogP contribution in [0.25, 0.3) is 11.0 Å². The van der Waals surface area contributed by atoms with E-state index in [1.807, 2.05) is 23.6 Å². The maximum Gasteiger partial charge on any atom is 0.238 e. The first kappa shape index (κ1) is 20.3. The van der Waals surface area contributed by atoms with Gasteiger partial charge in [0.1, 0.15) is 0 Å². The Balaban J connectivity index is 1.63. The Hall–Kier alpha value is -1.94. The van der Waals surface area contributed by atoms with Crippen LogP contribution in [0.1, 0.15) is 18.9 Å². The molecule has 0 unspecified atom stereocenters. The van der Waals surface area contributed by atoms with Crippen molar-refractivity contribution in [3.63, 3.8) is 0 Å². The molecule has 2 N–H and O–H groups in total. The maximum atomic E-state index is 11.6. The zero-order valence-electron chi connectivity index (χ0n) is 15.7. The molecule has 0 saturated carbocycles. The van der Waals surface area contributed by atoms with Gasteiger partial charge in [-0.15, -0.1) is 0 Å². The van der Waals surface area contributed by atoms with Gasteiger partial charge in [0.15, 0.2) is 16.7 Å². The van der Waals surface area contributed by atoms with Gasteiger partial charge in [-0.3, -0.25) is 0 Å². The number of primary sulfonamides is 1. The van der Waals surface area contributed by atoms with E-state index in [1.165, 1.54) is 12.1 Å². The molecule has 1 aromatic heterocycles. The highest BCUT2D eigenvalue weighted by Crippen LogP contribution is 2.39. The second-order valence-corrected chi connectivity index (χ2v) is 9.49. The number of thioether (sulfide) groups is 1. The number of ether oxygens (including phenoxy) is 2. The minimum atomic E-state index is -3.77. The molecule has 10 heteroatoms. The molecule has 3 aromatic rings. The fourth-order valence-electron chi connectivity index (χ4n) is 3.20. The number of nitrogens with zero attached hydrogens (tertiary/aromatic N) is 2. The standard InChI is InChI=1S/C19H20ClN3O4S2/c1-2-23-16-5-4-13(29(21,24)25)10-15(16)22-19(23)28-11-12-8-14(20)18-17(9-12)26-6-3-7-27-18/h4-5,8-10H,2-3,6-7,11H2,1H3,(H2,21,24,25). The summed E-state index contributed by atoms with van der Waals surface area (Å²) in [5.74, 6) is 1.88. The predicted octanol–water partition coefficient (Wildman–Crippen LogP) is 3.81. The van der Waals surface area contributed by atoms with Gasteiger partial charge >= 0.3 is 0 Å². The lowest BCUT2D eigenvalue weighted by atomic mass is 10.2. The van der Waals surface area contributed by atoms with Gasteiger partial charge in [0.2, 0.25) is 10.0 Å². The molecule has 0 atom stereocenters. The summed E-state index contributed by atoms with van der Waals surface area (Å²) >= 11 is 7.93. The van der Waals surface area contributed by atoms with Gasteiger partial charge in [0.25, 0.3) is 0 Å². The van der Waals surface area contributed by atoms with Crippen LogP contribution in [-0.4, -0.2) is 31.2 Å². The van der Waals surface area contributed by atoms with E-state index < -0.39 is 10.0 Å².